The molecule has 0 spiro atoms. The van der Waals surface area contributed by atoms with E-state index in [0.717, 1.165) is 13.1 Å². The van der Waals surface area contributed by atoms with E-state index < -0.39 is 0 Å². The van der Waals surface area contributed by atoms with Crippen molar-refractivity contribution >= 4 is 5.82 Å². The number of nitrogens with zero attached hydrogens (tertiary/aromatic N) is 2. The van der Waals surface area contributed by atoms with Crippen LogP contribution in [0.15, 0.2) is 17.2 Å². The molecule has 3 N–H and O–H groups in total. The summed E-state index contributed by atoms with van der Waals surface area (Å²) in [5.74, 6) is 1.16. The topological polar surface area (TPSA) is 75.0 Å². The molecule has 3 rings (SSSR count). The molecule has 5 heteroatoms. The predicted molar refractivity (Wildman–Crippen MR) is 56.7 cm³/mol. The second-order valence-electron chi connectivity index (χ2n) is 4.61. The maximum Gasteiger partial charge on any atom is 0.290 e. The summed E-state index contributed by atoms with van der Waals surface area (Å²) in [6.07, 6.45) is 5.62. The Hall–Kier alpha value is -1.36. The van der Waals surface area contributed by atoms with E-state index in [1.165, 1.54) is 12.8 Å². The van der Waals surface area contributed by atoms with Crippen LogP contribution >= 0.6 is 0 Å². The van der Waals surface area contributed by atoms with Gasteiger partial charge in [0, 0.05) is 25.5 Å². The van der Waals surface area contributed by atoms with E-state index in [0.29, 0.717) is 11.7 Å². The molecule has 2 aliphatic rings. The van der Waals surface area contributed by atoms with Gasteiger partial charge >= 0.3 is 0 Å². The molecule has 1 aliphatic heterocycles. The van der Waals surface area contributed by atoms with Crippen LogP contribution in [0.3, 0.4) is 0 Å². The lowest BCUT2D eigenvalue weighted by atomic mass is 9.86. The van der Waals surface area contributed by atoms with Crippen molar-refractivity contribution < 1.29 is 0 Å². The number of hydrogen-bond donors (Lipinski definition) is 2. The van der Waals surface area contributed by atoms with Crippen LogP contribution in [0.2, 0.25) is 0 Å². The average molecular weight is 206 g/mol. The molecule has 0 bridgehead atoms. The van der Waals surface area contributed by atoms with Gasteiger partial charge in [-0.25, -0.2) is 4.98 Å². The second kappa shape index (κ2) is 2.82. The third-order valence-electron chi connectivity index (χ3n) is 3.35. The van der Waals surface area contributed by atoms with Crippen LogP contribution in [0.25, 0.3) is 0 Å². The lowest BCUT2D eigenvalue weighted by Gasteiger charge is -2.48. The van der Waals surface area contributed by atoms with Gasteiger partial charge in [-0.05, 0) is 18.8 Å². The highest BCUT2D eigenvalue weighted by molar-refractivity contribution is 5.43. The molecular weight excluding hydrogens is 192 g/mol. The largest absolute Gasteiger partial charge is 0.348 e. The van der Waals surface area contributed by atoms with Gasteiger partial charge in [0.15, 0.2) is 5.82 Å². The van der Waals surface area contributed by atoms with Crippen molar-refractivity contribution in [3.05, 3.63) is 22.7 Å². The van der Waals surface area contributed by atoms with E-state index in [-0.39, 0.29) is 11.1 Å². The zero-order valence-corrected chi connectivity index (χ0v) is 8.44. The Morgan fingerprint density at radius 3 is 2.87 bits per heavy atom. The molecule has 2 heterocycles. The van der Waals surface area contributed by atoms with E-state index >= 15 is 0 Å². The van der Waals surface area contributed by atoms with Crippen molar-refractivity contribution in [1.82, 2.24) is 9.97 Å². The highest BCUT2D eigenvalue weighted by atomic mass is 16.1. The Morgan fingerprint density at radius 1 is 1.53 bits per heavy atom. The monoisotopic (exact) mass is 206 g/mol. The van der Waals surface area contributed by atoms with Gasteiger partial charge in [-0.2, -0.15) is 0 Å². The van der Waals surface area contributed by atoms with Gasteiger partial charge in [0.05, 0.1) is 5.54 Å². The average Bonchev–Trinajstić information content (AvgIpc) is 2.97. The van der Waals surface area contributed by atoms with Gasteiger partial charge in [0.1, 0.15) is 0 Å². The van der Waals surface area contributed by atoms with E-state index in [9.17, 15) is 4.79 Å². The lowest BCUT2D eigenvalue weighted by molar-refractivity contribution is 0.288. The van der Waals surface area contributed by atoms with Crippen LogP contribution < -0.4 is 16.2 Å². The highest BCUT2D eigenvalue weighted by Gasteiger charge is 2.51. The molecule has 1 saturated heterocycles. The van der Waals surface area contributed by atoms with Crippen LogP contribution in [0.4, 0.5) is 5.82 Å². The lowest BCUT2D eigenvalue weighted by Crippen LogP contribution is -2.69. The Bertz CT molecular complexity index is 431. The summed E-state index contributed by atoms with van der Waals surface area (Å²) < 4.78 is 0. The van der Waals surface area contributed by atoms with Crippen LogP contribution in [-0.2, 0) is 0 Å². The van der Waals surface area contributed by atoms with E-state index in [1.54, 1.807) is 12.4 Å². The first-order valence-corrected chi connectivity index (χ1v) is 5.26. The van der Waals surface area contributed by atoms with E-state index in [1.807, 2.05) is 4.90 Å². The fourth-order valence-electron chi connectivity index (χ4n) is 2.30. The minimum atomic E-state index is -0.129. The summed E-state index contributed by atoms with van der Waals surface area (Å²) in [6.45, 7) is 1.52. The summed E-state index contributed by atoms with van der Waals surface area (Å²) in [7, 11) is 0. The first-order valence-electron chi connectivity index (χ1n) is 5.26. The van der Waals surface area contributed by atoms with Crippen molar-refractivity contribution in [3.8, 4) is 0 Å². The number of aromatic amines is 1. The molecule has 80 valence electrons. The maximum absolute atomic E-state index is 11.4. The van der Waals surface area contributed by atoms with Gasteiger partial charge in [0.25, 0.3) is 5.56 Å². The number of H-pyrrole nitrogens is 1. The molecule has 0 atom stereocenters. The molecular formula is C10H14N4O. The minimum Gasteiger partial charge on any atom is -0.348 e. The second-order valence-corrected chi connectivity index (χ2v) is 4.61. The van der Waals surface area contributed by atoms with Crippen LogP contribution in [0.1, 0.15) is 12.8 Å². The van der Waals surface area contributed by atoms with Crippen molar-refractivity contribution in [2.75, 3.05) is 18.0 Å². The first kappa shape index (κ1) is 8.91. The van der Waals surface area contributed by atoms with Gasteiger partial charge in [-0.15, -0.1) is 0 Å². The third-order valence-corrected chi connectivity index (χ3v) is 3.35. The molecule has 15 heavy (non-hydrogen) atoms. The highest BCUT2D eigenvalue weighted by Crippen LogP contribution is 2.43. The van der Waals surface area contributed by atoms with E-state index in [4.69, 9.17) is 5.73 Å². The number of anilines is 1. The van der Waals surface area contributed by atoms with Crippen LogP contribution in [0.5, 0.6) is 0 Å². The quantitative estimate of drug-likeness (QED) is 0.696. The Kier molecular flexibility index (Phi) is 1.68. The molecule has 1 aromatic rings. The summed E-state index contributed by atoms with van der Waals surface area (Å²) in [5, 5.41) is 0. The number of nitrogens with one attached hydrogen (secondary N) is 1. The van der Waals surface area contributed by atoms with Crippen LogP contribution in [0, 0.1) is 5.92 Å². The molecule has 0 aromatic carbocycles. The minimum absolute atomic E-state index is 0.0655. The molecule has 5 nitrogen and oxygen atoms in total. The molecule has 1 saturated carbocycles. The number of aromatic nitrogens is 2. The molecule has 0 radical (unpaired) electrons. The smallest absolute Gasteiger partial charge is 0.290 e. The van der Waals surface area contributed by atoms with Gasteiger partial charge < -0.3 is 15.6 Å². The first-order chi connectivity index (χ1) is 7.19. The zero-order chi connectivity index (χ0) is 10.5. The van der Waals surface area contributed by atoms with Crippen molar-refractivity contribution in [1.29, 1.82) is 0 Å². The van der Waals surface area contributed by atoms with Gasteiger partial charge in [-0.3, -0.25) is 4.79 Å². The standard InChI is InChI=1S/C10H14N4O/c11-10(7-1-2-7)5-14(6-10)8-9(15)13-4-3-12-8/h3-4,7H,1-2,5-6,11H2,(H,13,15). The Balaban J connectivity index is 1.77. The zero-order valence-electron chi connectivity index (χ0n) is 8.44. The molecule has 2 fully saturated rings. The van der Waals surface area contributed by atoms with Gasteiger partial charge in [0.2, 0.25) is 0 Å². The summed E-state index contributed by atoms with van der Waals surface area (Å²) >= 11 is 0. The Morgan fingerprint density at radius 2 is 2.27 bits per heavy atom. The Labute approximate surface area is 87.3 Å². The number of hydrogen-bond acceptors (Lipinski definition) is 4. The normalized spacial score (nSPS) is 23.7. The van der Waals surface area contributed by atoms with E-state index in [2.05, 4.69) is 9.97 Å². The fraction of sp³-hybridized carbons (Fsp3) is 0.600. The summed E-state index contributed by atoms with van der Waals surface area (Å²) in [5.41, 5.74) is 6.01. The molecule has 0 unspecified atom stereocenters. The van der Waals surface area contributed by atoms with Gasteiger partial charge in [-0.1, -0.05) is 0 Å². The predicted octanol–water partition coefficient (Wildman–Crippen LogP) is -0.303. The maximum atomic E-state index is 11.4. The number of nitrogens with two attached hydrogens (primary N) is 1. The summed E-state index contributed by atoms with van der Waals surface area (Å²) in [6, 6.07) is 0. The molecule has 1 aliphatic carbocycles. The summed E-state index contributed by atoms with van der Waals surface area (Å²) in [4.78, 5) is 20.1. The van der Waals surface area contributed by atoms with Crippen molar-refractivity contribution in [2.24, 2.45) is 11.7 Å². The third kappa shape index (κ3) is 1.34. The molecule has 1 aromatic heterocycles. The van der Waals surface area contributed by atoms with Crippen molar-refractivity contribution in [2.45, 2.75) is 18.4 Å². The number of rotatable bonds is 2. The van der Waals surface area contributed by atoms with Crippen molar-refractivity contribution in [3.63, 3.8) is 0 Å². The fourth-order valence-corrected chi connectivity index (χ4v) is 2.30. The molecule has 0 amide bonds. The SMILES string of the molecule is NC1(C2CC2)CN(c2ncc[nH]c2=O)C1. The van der Waals surface area contributed by atoms with Crippen LogP contribution in [-0.4, -0.2) is 28.6 Å².